The molecule has 0 spiro atoms. The van der Waals surface area contributed by atoms with Gasteiger partial charge in [-0.2, -0.15) is 0 Å². The molecule has 3 rings (SSSR count). The van der Waals surface area contributed by atoms with Gasteiger partial charge in [0, 0.05) is 12.6 Å². The third-order valence-electron chi connectivity index (χ3n) is 4.65. The summed E-state index contributed by atoms with van der Waals surface area (Å²) in [5.41, 5.74) is 1.29. The Morgan fingerprint density at radius 2 is 1.52 bits per heavy atom. The Morgan fingerprint density at radius 1 is 0.966 bits per heavy atom. The summed E-state index contributed by atoms with van der Waals surface area (Å²) in [5, 5.41) is 2.72. The predicted octanol–water partition coefficient (Wildman–Crippen LogP) is 3.81. The lowest BCUT2D eigenvalue weighted by molar-refractivity contribution is 0.0518. The average molecular weight is 394 g/mol. The third-order valence-corrected chi connectivity index (χ3v) is 4.65. The molecular weight excluding hydrogens is 368 g/mol. The summed E-state index contributed by atoms with van der Waals surface area (Å²) < 4.78 is 5.26. The highest BCUT2D eigenvalue weighted by molar-refractivity contribution is 6.21. The molecule has 0 aliphatic carbocycles. The van der Waals surface area contributed by atoms with E-state index in [1.54, 1.807) is 45.0 Å². The molecule has 3 amide bonds. The van der Waals surface area contributed by atoms with Gasteiger partial charge in [-0.15, -0.1) is 0 Å². The molecule has 6 nitrogen and oxygen atoms in total. The van der Waals surface area contributed by atoms with E-state index in [-0.39, 0.29) is 17.9 Å². The van der Waals surface area contributed by atoms with Crippen molar-refractivity contribution < 1.29 is 19.1 Å². The zero-order valence-electron chi connectivity index (χ0n) is 17.0. The zero-order valence-corrected chi connectivity index (χ0v) is 17.0. The summed E-state index contributed by atoms with van der Waals surface area (Å²) in [6.07, 6.45) is 0.431. The Balaban J connectivity index is 1.75. The molecule has 1 aliphatic rings. The summed E-state index contributed by atoms with van der Waals surface area (Å²) in [6.45, 7) is 5.68. The van der Waals surface area contributed by atoms with Crippen molar-refractivity contribution in [2.24, 2.45) is 0 Å². The van der Waals surface area contributed by atoms with Crippen LogP contribution in [0, 0.1) is 0 Å². The van der Waals surface area contributed by atoms with E-state index in [0.717, 1.165) is 5.56 Å². The third kappa shape index (κ3) is 5.02. The Kier molecular flexibility index (Phi) is 6.01. The number of carbonyl (C=O) groups is 3. The molecule has 1 heterocycles. The van der Waals surface area contributed by atoms with Crippen molar-refractivity contribution in [2.75, 3.05) is 6.54 Å². The lowest BCUT2D eigenvalue weighted by Gasteiger charge is -2.27. The minimum atomic E-state index is -0.587. The molecule has 0 bridgehead atoms. The van der Waals surface area contributed by atoms with Gasteiger partial charge in [0.05, 0.1) is 11.1 Å². The van der Waals surface area contributed by atoms with Crippen LogP contribution >= 0.6 is 0 Å². The minimum Gasteiger partial charge on any atom is -0.444 e. The van der Waals surface area contributed by atoms with Crippen molar-refractivity contribution in [3.63, 3.8) is 0 Å². The number of rotatable bonds is 6. The fraction of sp³-hybridized carbons (Fsp3) is 0.348. The normalized spacial score (nSPS) is 14.5. The highest BCUT2D eigenvalue weighted by Gasteiger charge is 2.39. The average Bonchev–Trinajstić information content (AvgIpc) is 2.91. The number of imide groups is 1. The van der Waals surface area contributed by atoms with Crippen LogP contribution < -0.4 is 5.32 Å². The van der Waals surface area contributed by atoms with Crippen molar-refractivity contribution in [1.29, 1.82) is 0 Å². The number of nitrogens with zero attached hydrogens (tertiary/aromatic N) is 1. The summed E-state index contributed by atoms with van der Waals surface area (Å²) in [4.78, 5) is 39.1. The highest BCUT2D eigenvalue weighted by atomic mass is 16.6. The number of hydrogen-bond acceptors (Lipinski definition) is 4. The van der Waals surface area contributed by atoms with Crippen LogP contribution in [-0.2, 0) is 11.2 Å². The van der Waals surface area contributed by atoms with Crippen molar-refractivity contribution in [2.45, 2.75) is 45.3 Å². The molecule has 0 saturated heterocycles. The van der Waals surface area contributed by atoms with E-state index in [0.29, 0.717) is 30.5 Å². The molecule has 1 N–H and O–H groups in total. The molecule has 29 heavy (non-hydrogen) atoms. The maximum atomic E-state index is 12.9. The first kappa shape index (κ1) is 20.6. The van der Waals surface area contributed by atoms with Crippen LogP contribution in [0.4, 0.5) is 4.79 Å². The van der Waals surface area contributed by atoms with Crippen LogP contribution in [0.5, 0.6) is 0 Å². The first-order valence-corrected chi connectivity index (χ1v) is 9.74. The molecule has 1 unspecified atom stereocenters. The topological polar surface area (TPSA) is 75.7 Å². The first-order valence-electron chi connectivity index (χ1n) is 9.74. The second kappa shape index (κ2) is 8.47. The molecule has 1 aliphatic heterocycles. The van der Waals surface area contributed by atoms with Gasteiger partial charge >= 0.3 is 6.09 Å². The monoisotopic (exact) mass is 394 g/mol. The summed E-state index contributed by atoms with van der Waals surface area (Å²) in [5.74, 6) is -0.576. The zero-order chi connectivity index (χ0) is 21.0. The number of alkyl carbamates (subject to hydrolysis) is 1. The van der Waals surface area contributed by atoms with E-state index in [9.17, 15) is 14.4 Å². The predicted molar refractivity (Wildman–Crippen MR) is 110 cm³/mol. The van der Waals surface area contributed by atoms with E-state index in [4.69, 9.17) is 4.74 Å². The summed E-state index contributed by atoms with van der Waals surface area (Å²) in [7, 11) is 0. The minimum absolute atomic E-state index is 0.288. The molecule has 1 atom stereocenters. The molecule has 0 saturated carbocycles. The standard InChI is InChI=1S/C23H26N2O4/c1-23(2,3)29-22(28)24-14-13-17(15-16-9-5-4-6-10-16)25-20(26)18-11-7-8-12-19(18)21(25)27/h4-12,17H,13-15H2,1-3H3,(H,24,28). The number of amides is 3. The van der Waals surface area contributed by atoms with E-state index in [1.165, 1.54) is 4.90 Å². The van der Waals surface area contributed by atoms with E-state index < -0.39 is 11.7 Å². The van der Waals surface area contributed by atoms with Gasteiger partial charge in [0.2, 0.25) is 0 Å². The van der Waals surface area contributed by atoms with Gasteiger partial charge < -0.3 is 10.1 Å². The van der Waals surface area contributed by atoms with Crippen LogP contribution in [0.25, 0.3) is 0 Å². The molecule has 2 aromatic carbocycles. The van der Waals surface area contributed by atoms with Crippen LogP contribution in [0.3, 0.4) is 0 Å². The van der Waals surface area contributed by atoms with Crippen molar-refractivity contribution >= 4 is 17.9 Å². The van der Waals surface area contributed by atoms with Gasteiger partial charge in [-0.3, -0.25) is 14.5 Å². The quantitative estimate of drug-likeness (QED) is 0.756. The maximum absolute atomic E-state index is 12.9. The van der Waals surface area contributed by atoms with Crippen molar-refractivity contribution in [3.05, 3.63) is 71.3 Å². The van der Waals surface area contributed by atoms with E-state index in [2.05, 4.69) is 5.32 Å². The molecule has 2 aromatic rings. The van der Waals surface area contributed by atoms with Crippen molar-refractivity contribution in [1.82, 2.24) is 10.2 Å². The van der Waals surface area contributed by atoms with Gasteiger partial charge in [0.25, 0.3) is 11.8 Å². The van der Waals surface area contributed by atoms with Gasteiger partial charge in [0.1, 0.15) is 5.60 Å². The number of benzene rings is 2. The largest absolute Gasteiger partial charge is 0.444 e. The number of nitrogens with one attached hydrogen (secondary N) is 1. The maximum Gasteiger partial charge on any atom is 0.407 e. The molecular formula is C23H26N2O4. The second-order valence-electron chi connectivity index (χ2n) is 8.09. The number of hydrogen-bond donors (Lipinski definition) is 1. The smallest absolute Gasteiger partial charge is 0.407 e. The Labute approximate surface area is 170 Å². The first-order chi connectivity index (χ1) is 13.8. The highest BCUT2D eigenvalue weighted by Crippen LogP contribution is 2.27. The van der Waals surface area contributed by atoms with Gasteiger partial charge in [-0.1, -0.05) is 42.5 Å². The second-order valence-corrected chi connectivity index (χ2v) is 8.09. The number of fused-ring (bicyclic) bond motifs is 1. The lowest BCUT2D eigenvalue weighted by atomic mass is 10.0. The fourth-order valence-electron chi connectivity index (χ4n) is 3.40. The number of carbonyl (C=O) groups excluding carboxylic acids is 3. The van der Waals surface area contributed by atoms with Crippen LogP contribution in [0.15, 0.2) is 54.6 Å². The molecule has 0 radical (unpaired) electrons. The van der Waals surface area contributed by atoms with Gasteiger partial charge in [0.15, 0.2) is 0 Å². The SMILES string of the molecule is CC(C)(C)OC(=O)NCCC(Cc1ccccc1)N1C(=O)c2ccccc2C1=O. The number of ether oxygens (including phenoxy) is 1. The molecule has 0 fully saturated rings. The van der Waals surface area contributed by atoms with Crippen LogP contribution in [-0.4, -0.2) is 41.0 Å². The fourth-order valence-corrected chi connectivity index (χ4v) is 3.40. The van der Waals surface area contributed by atoms with E-state index >= 15 is 0 Å². The van der Waals surface area contributed by atoms with Gasteiger partial charge in [-0.25, -0.2) is 4.79 Å². The summed E-state index contributed by atoms with van der Waals surface area (Å²) in [6, 6.07) is 16.2. The van der Waals surface area contributed by atoms with Crippen LogP contribution in [0.1, 0.15) is 53.5 Å². The Bertz CT molecular complexity index is 868. The van der Waals surface area contributed by atoms with Crippen LogP contribution in [0.2, 0.25) is 0 Å². The molecule has 0 aromatic heterocycles. The van der Waals surface area contributed by atoms with E-state index in [1.807, 2.05) is 30.3 Å². The molecule has 152 valence electrons. The lowest BCUT2D eigenvalue weighted by Crippen LogP contribution is -2.43. The Morgan fingerprint density at radius 3 is 2.07 bits per heavy atom. The summed E-state index contributed by atoms with van der Waals surface area (Å²) >= 11 is 0. The Hall–Kier alpha value is -3.15. The van der Waals surface area contributed by atoms with Gasteiger partial charge in [-0.05, 0) is 51.3 Å². The van der Waals surface area contributed by atoms with Crippen molar-refractivity contribution in [3.8, 4) is 0 Å². The molecule has 6 heteroatoms.